The number of hydrogen-bond acceptors (Lipinski definition) is 1. The van der Waals surface area contributed by atoms with Gasteiger partial charge in [0.05, 0.1) is 2.74 Å². The van der Waals surface area contributed by atoms with E-state index in [1.807, 2.05) is 54.6 Å². The van der Waals surface area contributed by atoms with Crippen molar-refractivity contribution in [2.45, 2.75) is 0 Å². The fraction of sp³-hybridized carbons (Fsp3) is 0. The van der Waals surface area contributed by atoms with E-state index in [1.165, 1.54) is 16.7 Å². The molecule has 0 bridgehead atoms. The Bertz CT molecular complexity index is 1670. The monoisotopic (exact) mass is 477 g/mol. The van der Waals surface area contributed by atoms with Crippen LogP contribution in [0.15, 0.2) is 164 Å². The molecule has 1 nitrogen and oxygen atoms in total. The van der Waals surface area contributed by atoms with Gasteiger partial charge in [-0.25, -0.2) is 0 Å². The minimum absolute atomic E-state index is 0.487. The first-order valence-electron chi connectivity index (χ1n) is 13.4. The van der Waals surface area contributed by atoms with Gasteiger partial charge < -0.3 is 4.90 Å². The van der Waals surface area contributed by atoms with E-state index in [-0.39, 0.29) is 0 Å². The lowest BCUT2D eigenvalue weighted by Gasteiger charge is -2.26. The number of anilines is 3. The number of para-hydroxylation sites is 1. The Balaban J connectivity index is 1.34. The second-order valence-electron chi connectivity index (χ2n) is 8.92. The summed E-state index contributed by atoms with van der Waals surface area (Å²) in [7, 11) is 0. The smallest absolute Gasteiger partial charge is 0.0623 e. The molecule has 0 unspecified atom stereocenters. The Morgan fingerprint density at radius 3 is 1.27 bits per heavy atom. The summed E-state index contributed by atoms with van der Waals surface area (Å²) in [5.41, 5.74) is 10.0. The third-order valence-corrected chi connectivity index (χ3v) is 6.56. The molecule has 6 rings (SSSR count). The Kier molecular flexibility index (Phi) is 5.71. The van der Waals surface area contributed by atoms with Gasteiger partial charge in [-0.1, -0.05) is 121 Å². The number of hydrogen-bond donors (Lipinski definition) is 0. The number of nitrogens with zero attached hydrogens (tertiary/aromatic N) is 1. The molecule has 0 amide bonds. The van der Waals surface area contributed by atoms with Gasteiger partial charge in [-0.2, -0.15) is 0 Å². The largest absolute Gasteiger partial charge is 0.311 e. The molecular formula is C36H27N. The third-order valence-electron chi connectivity index (χ3n) is 6.56. The first kappa shape index (κ1) is 20.3. The molecule has 0 aromatic heterocycles. The summed E-state index contributed by atoms with van der Waals surface area (Å²) in [6.45, 7) is 0. The predicted molar refractivity (Wildman–Crippen MR) is 157 cm³/mol. The highest BCUT2D eigenvalue weighted by atomic mass is 15.1. The highest BCUT2D eigenvalue weighted by Gasteiger charge is 2.13. The van der Waals surface area contributed by atoms with Crippen LogP contribution in [0.4, 0.5) is 17.1 Å². The Hall–Kier alpha value is -4.88. The highest BCUT2D eigenvalue weighted by molar-refractivity contribution is 5.80. The van der Waals surface area contributed by atoms with Gasteiger partial charge in [-0.15, -0.1) is 0 Å². The van der Waals surface area contributed by atoms with Crippen molar-refractivity contribution < 1.29 is 2.74 Å². The summed E-state index contributed by atoms with van der Waals surface area (Å²) in [5, 5.41) is 0. The van der Waals surface area contributed by atoms with Gasteiger partial charge in [0.2, 0.25) is 0 Å². The van der Waals surface area contributed by atoms with Crippen molar-refractivity contribution in [2.75, 3.05) is 4.90 Å². The van der Waals surface area contributed by atoms with E-state index in [2.05, 4.69) is 102 Å². The maximum atomic E-state index is 7.95. The van der Waals surface area contributed by atoms with Crippen LogP contribution in [-0.2, 0) is 0 Å². The van der Waals surface area contributed by atoms with Crippen LogP contribution in [0.5, 0.6) is 0 Å². The first-order chi connectivity index (χ1) is 19.1. The fourth-order valence-electron chi connectivity index (χ4n) is 4.67. The maximum absolute atomic E-state index is 7.95. The summed E-state index contributed by atoms with van der Waals surface area (Å²) in [6, 6.07) is 52.4. The van der Waals surface area contributed by atoms with Crippen molar-refractivity contribution in [3.63, 3.8) is 0 Å². The zero-order valence-corrected chi connectivity index (χ0v) is 20.4. The van der Waals surface area contributed by atoms with E-state index in [0.29, 0.717) is 12.1 Å². The summed E-state index contributed by atoms with van der Waals surface area (Å²) < 4.78 is 15.7. The minimum Gasteiger partial charge on any atom is -0.311 e. The molecule has 37 heavy (non-hydrogen) atoms. The summed E-state index contributed by atoms with van der Waals surface area (Å²) in [5.74, 6) is 0. The molecule has 0 fully saturated rings. The van der Waals surface area contributed by atoms with Crippen LogP contribution in [0.1, 0.15) is 2.74 Å². The van der Waals surface area contributed by atoms with E-state index in [4.69, 9.17) is 2.74 Å². The molecule has 6 aromatic rings. The van der Waals surface area contributed by atoms with Gasteiger partial charge in [0.15, 0.2) is 0 Å². The van der Waals surface area contributed by atoms with Crippen LogP contribution < -0.4 is 4.90 Å². The maximum Gasteiger partial charge on any atom is 0.0623 e. The van der Waals surface area contributed by atoms with E-state index in [9.17, 15) is 0 Å². The summed E-state index contributed by atoms with van der Waals surface area (Å²) >= 11 is 0. The Morgan fingerprint density at radius 1 is 0.324 bits per heavy atom. The first-order valence-corrected chi connectivity index (χ1v) is 12.4. The standard InChI is InChI=1S/C36H27N/c1-4-11-28(12-5-1)30-19-23-35(24-20-30)37(34-17-8-3-9-18-34)36-25-21-31(22-26-36)33-16-10-15-32(27-33)29-13-6-2-7-14-29/h1-27H/i1T,3T. The molecule has 0 saturated heterocycles. The molecule has 0 aliphatic rings. The molecule has 0 saturated carbocycles. The predicted octanol–water partition coefficient (Wildman–Crippen LogP) is 10.2. The van der Waals surface area contributed by atoms with Gasteiger partial charge in [-0.3, -0.25) is 0 Å². The van der Waals surface area contributed by atoms with Crippen molar-refractivity contribution in [1.82, 2.24) is 0 Å². The Labute approximate surface area is 221 Å². The van der Waals surface area contributed by atoms with Crippen molar-refractivity contribution in [2.24, 2.45) is 0 Å². The average molecular weight is 478 g/mol. The molecule has 0 heterocycles. The van der Waals surface area contributed by atoms with Crippen LogP contribution in [0.2, 0.25) is 0 Å². The zero-order chi connectivity index (χ0) is 26.6. The van der Waals surface area contributed by atoms with Crippen LogP contribution in [-0.4, -0.2) is 0 Å². The van der Waals surface area contributed by atoms with Crippen molar-refractivity contribution in [3.8, 4) is 33.4 Å². The van der Waals surface area contributed by atoms with E-state index in [0.717, 1.165) is 33.8 Å². The van der Waals surface area contributed by atoms with Crippen molar-refractivity contribution in [3.05, 3.63) is 164 Å². The molecule has 0 radical (unpaired) electrons. The molecule has 0 N–H and O–H groups in total. The van der Waals surface area contributed by atoms with E-state index < -0.39 is 0 Å². The second kappa shape index (κ2) is 10.4. The molecule has 0 spiro atoms. The highest BCUT2D eigenvalue weighted by Crippen LogP contribution is 2.36. The molecule has 1 heteroatoms. The van der Waals surface area contributed by atoms with Crippen molar-refractivity contribution >= 4 is 17.1 Å². The number of rotatable bonds is 6. The lowest BCUT2D eigenvalue weighted by atomic mass is 9.99. The lowest BCUT2D eigenvalue weighted by Crippen LogP contribution is -2.09. The van der Waals surface area contributed by atoms with E-state index >= 15 is 0 Å². The quantitative estimate of drug-likeness (QED) is 0.231. The molecule has 0 atom stereocenters. The molecule has 176 valence electrons. The SMILES string of the molecule is [3H]c1ccc(-c2ccc(N(c3ccc([3H])cc3)c3ccc(-c4cccc(-c5ccccc5)c4)cc3)cc2)cc1. The lowest BCUT2D eigenvalue weighted by molar-refractivity contribution is 1.28. The molecule has 0 aliphatic carbocycles. The topological polar surface area (TPSA) is 3.24 Å². The second-order valence-corrected chi connectivity index (χ2v) is 8.92. The zero-order valence-electron chi connectivity index (χ0n) is 22.4. The molecule has 0 aliphatic heterocycles. The van der Waals surface area contributed by atoms with Crippen LogP contribution in [0, 0.1) is 0 Å². The van der Waals surface area contributed by atoms with Gasteiger partial charge >= 0.3 is 0 Å². The van der Waals surface area contributed by atoms with Crippen LogP contribution in [0.25, 0.3) is 33.4 Å². The minimum atomic E-state index is 0.487. The van der Waals surface area contributed by atoms with Crippen LogP contribution >= 0.6 is 0 Å². The summed E-state index contributed by atoms with van der Waals surface area (Å²) in [6.07, 6.45) is 0. The normalized spacial score (nSPS) is 11.5. The van der Waals surface area contributed by atoms with Gasteiger partial charge in [0.1, 0.15) is 0 Å². The third kappa shape index (κ3) is 4.94. The van der Waals surface area contributed by atoms with Crippen molar-refractivity contribution in [1.29, 1.82) is 0 Å². The fourth-order valence-corrected chi connectivity index (χ4v) is 4.67. The average Bonchev–Trinajstić information content (AvgIpc) is 3.00. The van der Waals surface area contributed by atoms with Gasteiger partial charge in [0.25, 0.3) is 0 Å². The molecule has 6 aromatic carbocycles. The van der Waals surface area contributed by atoms with Gasteiger partial charge in [0, 0.05) is 17.1 Å². The van der Waals surface area contributed by atoms with Crippen LogP contribution in [0.3, 0.4) is 0 Å². The molecular weight excluding hydrogens is 446 g/mol. The summed E-state index contributed by atoms with van der Waals surface area (Å²) in [4.78, 5) is 2.21. The number of benzene rings is 6. The Morgan fingerprint density at radius 2 is 0.703 bits per heavy atom. The van der Waals surface area contributed by atoms with E-state index in [1.54, 1.807) is 0 Å². The van der Waals surface area contributed by atoms with Gasteiger partial charge in [-0.05, 0) is 75.8 Å².